The fraction of sp³-hybridized carbons (Fsp3) is 0.500. The van der Waals surface area contributed by atoms with Crippen LogP contribution in [0.15, 0.2) is 30.5 Å². The Bertz CT molecular complexity index is 554. The molecular weight excluding hydrogens is 280 g/mol. The molecule has 1 N–H and O–H groups in total. The minimum atomic E-state index is 0.735. The van der Waals surface area contributed by atoms with Gasteiger partial charge in [-0.3, -0.25) is 4.98 Å². The molecule has 0 aliphatic rings. The standard InChI is InChI=1S/C18H25ClN2/c1-2-3-4-5-6-7-8-12-20-17-11-13-21-18-14-15(19)9-10-16(17)18/h9-11,13-14H,2-8,12H2,1H3,(H,20,21). The molecule has 0 bridgehead atoms. The number of hydrogen-bond acceptors (Lipinski definition) is 2. The van der Waals surface area contributed by atoms with Crippen LogP contribution < -0.4 is 5.32 Å². The second-order valence-corrected chi connectivity index (χ2v) is 6.00. The van der Waals surface area contributed by atoms with Crippen molar-refractivity contribution in [1.82, 2.24) is 4.98 Å². The number of anilines is 1. The van der Waals surface area contributed by atoms with Crippen LogP contribution in [0, 0.1) is 0 Å². The summed E-state index contributed by atoms with van der Waals surface area (Å²) in [6.07, 6.45) is 11.2. The molecule has 0 atom stereocenters. The predicted molar refractivity (Wildman–Crippen MR) is 93.2 cm³/mol. The Morgan fingerprint density at radius 2 is 1.76 bits per heavy atom. The quantitative estimate of drug-likeness (QED) is 0.570. The van der Waals surface area contributed by atoms with Gasteiger partial charge in [-0.1, -0.05) is 57.0 Å². The SMILES string of the molecule is CCCCCCCCCNc1ccnc2cc(Cl)ccc12. The summed E-state index contributed by atoms with van der Waals surface area (Å²) in [5, 5.41) is 5.40. The summed E-state index contributed by atoms with van der Waals surface area (Å²) in [4.78, 5) is 4.36. The molecule has 2 rings (SSSR count). The lowest BCUT2D eigenvalue weighted by Crippen LogP contribution is -2.02. The van der Waals surface area contributed by atoms with Gasteiger partial charge in [0.1, 0.15) is 0 Å². The Morgan fingerprint density at radius 3 is 2.57 bits per heavy atom. The molecule has 0 aliphatic heterocycles. The summed E-state index contributed by atoms with van der Waals surface area (Å²) in [7, 11) is 0. The van der Waals surface area contributed by atoms with E-state index >= 15 is 0 Å². The number of hydrogen-bond donors (Lipinski definition) is 1. The third-order valence-electron chi connectivity index (χ3n) is 3.80. The molecule has 1 aromatic carbocycles. The molecule has 0 aliphatic carbocycles. The molecule has 1 heterocycles. The number of rotatable bonds is 9. The Morgan fingerprint density at radius 1 is 1.00 bits per heavy atom. The molecule has 1 aromatic heterocycles. The van der Waals surface area contributed by atoms with Crippen molar-refractivity contribution in [1.29, 1.82) is 0 Å². The van der Waals surface area contributed by atoms with Crippen molar-refractivity contribution in [3.63, 3.8) is 0 Å². The Kier molecular flexibility index (Phi) is 6.81. The zero-order valence-corrected chi connectivity index (χ0v) is 13.6. The number of fused-ring (bicyclic) bond motifs is 1. The van der Waals surface area contributed by atoms with E-state index in [1.807, 2.05) is 30.5 Å². The van der Waals surface area contributed by atoms with Gasteiger partial charge in [0.15, 0.2) is 0 Å². The van der Waals surface area contributed by atoms with E-state index in [4.69, 9.17) is 11.6 Å². The van der Waals surface area contributed by atoms with E-state index in [9.17, 15) is 0 Å². The van der Waals surface area contributed by atoms with Crippen molar-refractivity contribution in [3.05, 3.63) is 35.5 Å². The number of nitrogens with one attached hydrogen (secondary N) is 1. The highest BCUT2D eigenvalue weighted by molar-refractivity contribution is 6.31. The van der Waals surface area contributed by atoms with E-state index in [0.29, 0.717) is 0 Å². The smallest absolute Gasteiger partial charge is 0.0737 e. The monoisotopic (exact) mass is 304 g/mol. The molecule has 0 unspecified atom stereocenters. The van der Waals surface area contributed by atoms with Crippen LogP contribution in [0.4, 0.5) is 5.69 Å². The van der Waals surface area contributed by atoms with Gasteiger partial charge in [0.25, 0.3) is 0 Å². The van der Waals surface area contributed by atoms with E-state index in [-0.39, 0.29) is 0 Å². The maximum Gasteiger partial charge on any atom is 0.0737 e. The van der Waals surface area contributed by atoms with Crippen LogP contribution in [-0.4, -0.2) is 11.5 Å². The van der Waals surface area contributed by atoms with E-state index in [1.165, 1.54) is 44.9 Å². The van der Waals surface area contributed by atoms with Gasteiger partial charge in [-0.05, 0) is 30.7 Å². The lowest BCUT2D eigenvalue weighted by molar-refractivity contribution is 0.596. The molecular formula is C18H25ClN2. The summed E-state index contributed by atoms with van der Waals surface area (Å²) in [5.41, 5.74) is 2.11. The van der Waals surface area contributed by atoms with Crippen LogP contribution in [0.3, 0.4) is 0 Å². The lowest BCUT2D eigenvalue weighted by atomic mass is 10.1. The van der Waals surface area contributed by atoms with Crippen LogP contribution in [-0.2, 0) is 0 Å². The van der Waals surface area contributed by atoms with Crippen molar-refractivity contribution in [3.8, 4) is 0 Å². The highest BCUT2D eigenvalue weighted by atomic mass is 35.5. The van der Waals surface area contributed by atoms with E-state index in [2.05, 4.69) is 17.2 Å². The van der Waals surface area contributed by atoms with Gasteiger partial charge in [-0.15, -0.1) is 0 Å². The largest absolute Gasteiger partial charge is 0.384 e. The van der Waals surface area contributed by atoms with Gasteiger partial charge in [-0.25, -0.2) is 0 Å². The van der Waals surface area contributed by atoms with E-state index in [0.717, 1.165) is 28.2 Å². The fourth-order valence-corrected chi connectivity index (χ4v) is 2.75. The summed E-state index contributed by atoms with van der Waals surface area (Å²) in [6.45, 7) is 3.28. The van der Waals surface area contributed by atoms with Crippen molar-refractivity contribution < 1.29 is 0 Å². The van der Waals surface area contributed by atoms with E-state index < -0.39 is 0 Å². The molecule has 0 spiro atoms. The highest BCUT2D eigenvalue weighted by Crippen LogP contribution is 2.24. The zero-order valence-electron chi connectivity index (χ0n) is 12.9. The van der Waals surface area contributed by atoms with Gasteiger partial charge in [0, 0.05) is 28.8 Å². The maximum atomic E-state index is 6.01. The third kappa shape index (κ3) is 5.20. The lowest BCUT2D eigenvalue weighted by Gasteiger charge is -2.09. The van der Waals surface area contributed by atoms with Crippen molar-refractivity contribution in [2.45, 2.75) is 51.9 Å². The number of halogens is 1. The molecule has 21 heavy (non-hydrogen) atoms. The highest BCUT2D eigenvalue weighted by Gasteiger charge is 2.02. The third-order valence-corrected chi connectivity index (χ3v) is 4.04. The second-order valence-electron chi connectivity index (χ2n) is 5.57. The average molecular weight is 305 g/mol. The Hall–Kier alpha value is -1.28. The fourth-order valence-electron chi connectivity index (χ4n) is 2.58. The minimum absolute atomic E-state index is 0.735. The van der Waals surface area contributed by atoms with Crippen LogP contribution in [0.2, 0.25) is 5.02 Å². The van der Waals surface area contributed by atoms with Crippen LogP contribution in [0.25, 0.3) is 10.9 Å². The number of unbranched alkanes of at least 4 members (excludes halogenated alkanes) is 6. The first kappa shape index (κ1) is 16.1. The van der Waals surface area contributed by atoms with Crippen molar-refractivity contribution in [2.24, 2.45) is 0 Å². The first-order chi connectivity index (χ1) is 10.3. The second kappa shape index (κ2) is 8.89. The molecule has 0 radical (unpaired) electrons. The molecule has 114 valence electrons. The summed E-state index contributed by atoms with van der Waals surface area (Å²) in [6, 6.07) is 7.91. The summed E-state index contributed by atoms with van der Waals surface area (Å²) < 4.78 is 0. The predicted octanol–water partition coefficient (Wildman–Crippen LogP) is 6.05. The van der Waals surface area contributed by atoms with Crippen molar-refractivity contribution >= 4 is 28.2 Å². The zero-order chi connectivity index (χ0) is 14.9. The Labute approximate surface area is 132 Å². The van der Waals surface area contributed by atoms with Crippen LogP contribution in [0.5, 0.6) is 0 Å². The molecule has 0 saturated heterocycles. The molecule has 0 amide bonds. The van der Waals surface area contributed by atoms with Gasteiger partial charge in [-0.2, -0.15) is 0 Å². The summed E-state index contributed by atoms with van der Waals surface area (Å²) >= 11 is 6.01. The van der Waals surface area contributed by atoms with Gasteiger partial charge < -0.3 is 5.32 Å². The first-order valence-electron chi connectivity index (χ1n) is 8.09. The average Bonchev–Trinajstić information content (AvgIpc) is 2.49. The number of pyridine rings is 1. The molecule has 0 fully saturated rings. The van der Waals surface area contributed by atoms with Crippen LogP contribution in [0.1, 0.15) is 51.9 Å². The van der Waals surface area contributed by atoms with Crippen molar-refractivity contribution in [2.75, 3.05) is 11.9 Å². The van der Waals surface area contributed by atoms with E-state index in [1.54, 1.807) is 0 Å². The number of nitrogens with zero attached hydrogens (tertiary/aromatic N) is 1. The maximum absolute atomic E-state index is 6.01. The normalized spacial score (nSPS) is 11.0. The number of aromatic nitrogens is 1. The van der Waals surface area contributed by atoms with Gasteiger partial charge in [0.2, 0.25) is 0 Å². The molecule has 0 saturated carbocycles. The molecule has 2 nitrogen and oxygen atoms in total. The van der Waals surface area contributed by atoms with Gasteiger partial charge in [0.05, 0.1) is 5.52 Å². The molecule has 3 heteroatoms. The topological polar surface area (TPSA) is 24.9 Å². The summed E-state index contributed by atoms with van der Waals surface area (Å²) in [5.74, 6) is 0. The number of benzene rings is 1. The Balaban J connectivity index is 1.76. The first-order valence-corrected chi connectivity index (χ1v) is 8.47. The van der Waals surface area contributed by atoms with Gasteiger partial charge >= 0.3 is 0 Å². The van der Waals surface area contributed by atoms with Crippen LogP contribution >= 0.6 is 11.6 Å². The molecule has 2 aromatic rings. The minimum Gasteiger partial charge on any atom is -0.384 e.